The standard InChI is InChI=1S/C25H25N3O3/c1-19-11-13-22(14-12-19)27-24(29)15-16-25(30)28-26-17-21-9-5-6-10-23(21)31-18-20-7-3-2-4-8-20/h2-14,17H,15-16,18H2,1H3,(H,27,29)(H,28,30)/b26-17+. The summed E-state index contributed by atoms with van der Waals surface area (Å²) in [6.07, 6.45) is 1.65. The number of anilines is 1. The zero-order valence-electron chi connectivity index (χ0n) is 17.4. The van der Waals surface area contributed by atoms with Gasteiger partial charge < -0.3 is 10.1 Å². The molecule has 2 amide bonds. The van der Waals surface area contributed by atoms with Gasteiger partial charge in [0.1, 0.15) is 12.4 Å². The highest BCUT2D eigenvalue weighted by atomic mass is 16.5. The second kappa shape index (κ2) is 11.3. The molecule has 0 unspecified atom stereocenters. The molecule has 0 aliphatic rings. The van der Waals surface area contributed by atoms with E-state index in [-0.39, 0.29) is 24.7 Å². The number of benzene rings is 3. The molecule has 0 saturated carbocycles. The maximum absolute atomic E-state index is 12.0. The first-order valence-electron chi connectivity index (χ1n) is 10.0. The van der Waals surface area contributed by atoms with Gasteiger partial charge in [-0.3, -0.25) is 9.59 Å². The SMILES string of the molecule is Cc1ccc(NC(=O)CCC(=O)N/N=C/c2ccccc2OCc2ccccc2)cc1. The van der Waals surface area contributed by atoms with Crippen LogP contribution in [0.25, 0.3) is 0 Å². The number of para-hydroxylation sites is 1. The highest BCUT2D eigenvalue weighted by molar-refractivity contribution is 5.93. The fourth-order valence-corrected chi connectivity index (χ4v) is 2.77. The van der Waals surface area contributed by atoms with Gasteiger partial charge in [-0.15, -0.1) is 0 Å². The predicted molar refractivity (Wildman–Crippen MR) is 122 cm³/mol. The first-order valence-corrected chi connectivity index (χ1v) is 10.0. The molecular weight excluding hydrogens is 390 g/mol. The summed E-state index contributed by atoms with van der Waals surface area (Å²) in [5.74, 6) is 0.113. The first kappa shape index (κ1) is 21.8. The zero-order chi connectivity index (χ0) is 21.9. The van der Waals surface area contributed by atoms with Crippen LogP contribution in [0.2, 0.25) is 0 Å². The lowest BCUT2D eigenvalue weighted by Gasteiger charge is -2.09. The minimum absolute atomic E-state index is 0.0428. The lowest BCUT2D eigenvalue weighted by Crippen LogP contribution is -2.20. The number of hydrazone groups is 1. The van der Waals surface area contributed by atoms with Crippen molar-refractivity contribution < 1.29 is 14.3 Å². The van der Waals surface area contributed by atoms with Crippen LogP contribution in [0.1, 0.15) is 29.5 Å². The number of ether oxygens (including phenoxy) is 1. The van der Waals surface area contributed by atoms with E-state index in [4.69, 9.17) is 4.74 Å². The van der Waals surface area contributed by atoms with Gasteiger partial charge >= 0.3 is 0 Å². The number of hydrogen-bond donors (Lipinski definition) is 2. The lowest BCUT2D eigenvalue weighted by atomic mass is 10.2. The molecule has 0 aliphatic carbocycles. The van der Waals surface area contributed by atoms with Gasteiger partial charge in [-0.25, -0.2) is 5.43 Å². The van der Waals surface area contributed by atoms with E-state index in [0.717, 1.165) is 16.7 Å². The van der Waals surface area contributed by atoms with Gasteiger partial charge in [0.25, 0.3) is 0 Å². The summed E-state index contributed by atoms with van der Waals surface area (Å²) < 4.78 is 5.87. The van der Waals surface area contributed by atoms with Gasteiger partial charge in [-0.1, -0.05) is 60.2 Å². The summed E-state index contributed by atoms with van der Waals surface area (Å²) in [6, 6.07) is 24.8. The second-order valence-corrected chi connectivity index (χ2v) is 7.02. The van der Waals surface area contributed by atoms with Crippen molar-refractivity contribution in [2.75, 3.05) is 5.32 Å². The number of rotatable bonds is 9. The van der Waals surface area contributed by atoms with E-state index in [1.165, 1.54) is 6.21 Å². The van der Waals surface area contributed by atoms with E-state index in [9.17, 15) is 9.59 Å². The van der Waals surface area contributed by atoms with Crippen LogP contribution in [0.3, 0.4) is 0 Å². The highest BCUT2D eigenvalue weighted by Crippen LogP contribution is 2.17. The van der Waals surface area contributed by atoms with Crippen molar-refractivity contribution in [2.24, 2.45) is 5.10 Å². The van der Waals surface area contributed by atoms with Crippen molar-refractivity contribution in [2.45, 2.75) is 26.4 Å². The van der Waals surface area contributed by atoms with Gasteiger partial charge in [0.05, 0.1) is 6.21 Å². The number of nitrogens with zero attached hydrogens (tertiary/aromatic N) is 1. The molecule has 0 bridgehead atoms. The number of carbonyl (C=O) groups excluding carboxylic acids is 2. The van der Waals surface area contributed by atoms with E-state index in [0.29, 0.717) is 18.0 Å². The van der Waals surface area contributed by atoms with Gasteiger partial charge in [-0.05, 0) is 36.8 Å². The van der Waals surface area contributed by atoms with Crippen molar-refractivity contribution in [3.05, 3.63) is 95.6 Å². The fourth-order valence-electron chi connectivity index (χ4n) is 2.77. The summed E-state index contributed by atoms with van der Waals surface area (Å²) in [4.78, 5) is 24.0. The van der Waals surface area contributed by atoms with E-state index in [1.807, 2.05) is 85.8 Å². The van der Waals surface area contributed by atoms with Gasteiger partial charge in [-0.2, -0.15) is 5.10 Å². The Morgan fingerprint density at radius 1 is 0.871 bits per heavy atom. The maximum Gasteiger partial charge on any atom is 0.240 e. The van der Waals surface area contributed by atoms with Crippen LogP contribution < -0.4 is 15.5 Å². The molecule has 6 nitrogen and oxygen atoms in total. The minimum Gasteiger partial charge on any atom is -0.488 e. The lowest BCUT2D eigenvalue weighted by molar-refractivity contribution is -0.124. The highest BCUT2D eigenvalue weighted by Gasteiger charge is 2.07. The number of nitrogens with one attached hydrogen (secondary N) is 2. The Morgan fingerprint density at radius 2 is 1.55 bits per heavy atom. The average Bonchev–Trinajstić information content (AvgIpc) is 2.79. The van der Waals surface area contributed by atoms with Crippen LogP contribution in [0.5, 0.6) is 5.75 Å². The third-order valence-corrected chi connectivity index (χ3v) is 4.46. The van der Waals surface area contributed by atoms with Crippen molar-refractivity contribution >= 4 is 23.7 Å². The summed E-state index contributed by atoms with van der Waals surface area (Å²) in [5, 5.41) is 6.76. The van der Waals surface area contributed by atoms with E-state index < -0.39 is 0 Å². The third-order valence-electron chi connectivity index (χ3n) is 4.46. The summed E-state index contributed by atoms with van der Waals surface area (Å²) in [5.41, 5.74) is 6.08. The van der Waals surface area contributed by atoms with Crippen LogP contribution >= 0.6 is 0 Å². The molecule has 0 aromatic heterocycles. The van der Waals surface area contributed by atoms with Crippen LogP contribution in [0.15, 0.2) is 84.0 Å². The molecule has 3 aromatic carbocycles. The molecule has 158 valence electrons. The zero-order valence-corrected chi connectivity index (χ0v) is 17.4. The van der Waals surface area contributed by atoms with Crippen LogP contribution in [0, 0.1) is 6.92 Å². The van der Waals surface area contributed by atoms with E-state index >= 15 is 0 Å². The number of carbonyl (C=O) groups is 2. The third kappa shape index (κ3) is 7.44. The molecule has 0 radical (unpaired) electrons. The first-order chi connectivity index (χ1) is 15.1. The summed E-state index contributed by atoms with van der Waals surface area (Å²) in [7, 11) is 0. The Labute approximate surface area is 182 Å². The molecular formula is C25H25N3O3. The molecule has 0 atom stereocenters. The quantitative estimate of drug-likeness (QED) is 0.400. The Kier molecular flexibility index (Phi) is 7.94. The Hall–Kier alpha value is -3.93. The Morgan fingerprint density at radius 3 is 2.32 bits per heavy atom. The Bertz CT molecular complexity index is 1030. The smallest absolute Gasteiger partial charge is 0.240 e. The second-order valence-electron chi connectivity index (χ2n) is 7.02. The van der Waals surface area contributed by atoms with Crippen LogP contribution in [-0.4, -0.2) is 18.0 Å². The van der Waals surface area contributed by atoms with Crippen LogP contribution in [-0.2, 0) is 16.2 Å². The van der Waals surface area contributed by atoms with Gasteiger partial charge in [0.15, 0.2) is 0 Å². The van der Waals surface area contributed by atoms with E-state index in [2.05, 4.69) is 15.8 Å². The predicted octanol–water partition coefficient (Wildman–Crippen LogP) is 4.44. The van der Waals surface area contributed by atoms with Gasteiger partial charge in [0.2, 0.25) is 11.8 Å². The molecule has 2 N–H and O–H groups in total. The van der Waals surface area contributed by atoms with Gasteiger partial charge in [0, 0.05) is 24.1 Å². The van der Waals surface area contributed by atoms with Crippen molar-refractivity contribution in [1.29, 1.82) is 0 Å². The molecule has 31 heavy (non-hydrogen) atoms. The summed E-state index contributed by atoms with van der Waals surface area (Å²) >= 11 is 0. The molecule has 0 aliphatic heterocycles. The molecule has 6 heteroatoms. The van der Waals surface area contributed by atoms with E-state index in [1.54, 1.807) is 0 Å². The van der Waals surface area contributed by atoms with Crippen molar-refractivity contribution in [3.63, 3.8) is 0 Å². The molecule has 0 spiro atoms. The number of amides is 2. The monoisotopic (exact) mass is 415 g/mol. The van der Waals surface area contributed by atoms with Crippen molar-refractivity contribution in [1.82, 2.24) is 5.43 Å². The average molecular weight is 415 g/mol. The molecule has 0 heterocycles. The topological polar surface area (TPSA) is 79.8 Å². The van der Waals surface area contributed by atoms with Crippen LogP contribution in [0.4, 0.5) is 5.69 Å². The normalized spacial score (nSPS) is 10.6. The minimum atomic E-state index is -0.335. The fraction of sp³-hybridized carbons (Fsp3) is 0.160. The molecule has 3 rings (SSSR count). The number of aryl methyl sites for hydroxylation is 1. The Balaban J connectivity index is 1.45. The largest absolute Gasteiger partial charge is 0.488 e. The summed E-state index contributed by atoms with van der Waals surface area (Å²) in [6.45, 7) is 2.42. The molecule has 0 fully saturated rings. The molecule has 0 saturated heterocycles. The number of hydrogen-bond acceptors (Lipinski definition) is 4. The maximum atomic E-state index is 12.0. The van der Waals surface area contributed by atoms with Crippen molar-refractivity contribution in [3.8, 4) is 5.75 Å². The molecule has 3 aromatic rings.